The smallest absolute Gasteiger partial charge is 0.305 e. The maximum atomic E-state index is 12.9. The monoisotopic (exact) mass is 380 g/mol. The molecule has 2 aromatic carbocycles. The summed E-state index contributed by atoms with van der Waals surface area (Å²) in [7, 11) is 0. The van der Waals surface area contributed by atoms with Gasteiger partial charge in [0.05, 0.1) is 24.6 Å². The van der Waals surface area contributed by atoms with Crippen LogP contribution in [0.3, 0.4) is 0 Å². The molecule has 0 spiro atoms. The average Bonchev–Trinajstić information content (AvgIpc) is 2.67. The number of amides is 1. The highest BCUT2D eigenvalue weighted by Gasteiger charge is 2.20. The van der Waals surface area contributed by atoms with E-state index in [1.165, 1.54) is 6.07 Å². The van der Waals surface area contributed by atoms with Crippen LogP contribution in [0, 0.1) is 0 Å². The minimum Gasteiger partial charge on any atom is -0.494 e. The number of H-pyrrole nitrogens is 1. The number of ether oxygens (including phenoxy) is 1. The number of hydrogen-bond acceptors (Lipinski definition) is 4. The molecule has 1 atom stereocenters. The molecule has 0 saturated carbocycles. The van der Waals surface area contributed by atoms with E-state index in [4.69, 9.17) is 4.74 Å². The summed E-state index contributed by atoms with van der Waals surface area (Å²) in [5, 5.41) is 12.6. The number of pyridine rings is 1. The molecule has 3 rings (SSSR count). The van der Waals surface area contributed by atoms with Crippen LogP contribution in [0.15, 0.2) is 59.4 Å². The average molecular weight is 380 g/mol. The fourth-order valence-electron chi connectivity index (χ4n) is 3.02. The maximum absolute atomic E-state index is 12.9. The van der Waals surface area contributed by atoms with E-state index in [1.807, 2.05) is 6.92 Å². The molecule has 0 aliphatic rings. The van der Waals surface area contributed by atoms with Crippen LogP contribution in [0.2, 0.25) is 0 Å². The lowest BCUT2D eigenvalue weighted by Gasteiger charge is -2.18. The molecule has 0 aliphatic heterocycles. The number of aromatic amines is 1. The van der Waals surface area contributed by atoms with E-state index in [1.54, 1.807) is 48.5 Å². The molecule has 7 heteroatoms. The van der Waals surface area contributed by atoms with Gasteiger partial charge in [0.1, 0.15) is 5.75 Å². The lowest BCUT2D eigenvalue weighted by Crippen LogP contribution is -2.31. The first-order valence-corrected chi connectivity index (χ1v) is 8.85. The minimum atomic E-state index is -1.05. The molecular weight excluding hydrogens is 360 g/mol. The number of carbonyl (C=O) groups is 2. The molecule has 7 nitrogen and oxygen atoms in total. The Morgan fingerprint density at radius 3 is 2.54 bits per heavy atom. The second-order valence-electron chi connectivity index (χ2n) is 6.22. The molecule has 0 fully saturated rings. The zero-order chi connectivity index (χ0) is 20.1. The topological polar surface area (TPSA) is 108 Å². The minimum absolute atomic E-state index is 0.195. The summed E-state index contributed by atoms with van der Waals surface area (Å²) < 4.78 is 5.39. The van der Waals surface area contributed by atoms with E-state index in [0.717, 1.165) is 0 Å². The first-order chi connectivity index (χ1) is 13.5. The second-order valence-corrected chi connectivity index (χ2v) is 6.22. The number of carboxylic acid groups (broad SMARTS) is 1. The number of carboxylic acids is 1. The lowest BCUT2D eigenvalue weighted by atomic mass is 10.0. The summed E-state index contributed by atoms with van der Waals surface area (Å²) in [6.45, 7) is 2.39. The molecule has 3 N–H and O–H groups in total. The van der Waals surface area contributed by atoms with Crippen molar-refractivity contribution in [3.63, 3.8) is 0 Å². The van der Waals surface area contributed by atoms with Crippen LogP contribution in [0.4, 0.5) is 0 Å². The molecule has 1 aromatic heterocycles. The van der Waals surface area contributed by atoms with Gasteiger partial charge in [-0.15, -0.1) is 0 Å². The Labute approximate surface area is 161 Å². The highest BCUT2D eigenvalue weighted by atomic mass is 16.5. The van der Waals surface area contributed by atoms with Gasteiger partial charge in [-0.05, 0) is 30.7 Å². The van der Waals surface area contributed by atoms with Gasteiger partial charge in [-0.2, -0.15) is 0 Å². The highest BCUT2D eigenvalue weighted by molar-refractivity contribution is 6.06. The zero-order valence-corrected chi connectivity index (χ0v) is 15.3. The third kappa shape index (κ3) is 4.37. The van der Waals surface area contributed by atoms with Crippen molar-refractivity contribution in [3.05, 3.63) is 76.1 Å². The molecule has 0 bridgehead atoms. The van der Waals surface area contributed by atoms with Crippen LogP contribution in [-0.2, 0) is 4.79 Å². The number of carbonyl (C=O) groups excluding carboxylic acids is 1. The Morgan fingerprint density at radius 2 is 1.86 bits per heavy atom. The summed E-state index contributed by atoms with van der Waals surface area (Å²) in [5.74, 6) is -0.898. The van der Waals surface area contributed by atoms with Gasteiger partial charge in [-0.25, -0.2) is 0 Å². The van der Waals surface area contributed by atoms with Gasteiger partial charge < -0.3 is 20.1 Å². The van der Waals surface area contributed by atoms with E-state index in [2.05, 4.69) is 10.3 Å². The van der Waals surface area contributed by atoms with Crippen LogP contribution >= 0.6 is 0 Å². The number of aromatic nitrogens is 1. The first-order valence-electron chi connectivity index (χ1n) is 8.85. The van der Waals surface area contributed by atoms with Gasteiger partial charge >= 0.3 is 5.97 Å². The standard InChI is InChI=1S/C21H20N2O5/c1-2-28-14-9-7-13(8-10-14)18(12-20(25)26)23-21(27)16-11-19(24)22-17-6-4-3-5-15(16)17/h3-11,18H,2,12H2,1H3,(H,22,24)(H,23,27)(H,25,26)/t18-/m1/s1. The third-order valence-electron chi connectivity index (χ3n) is 4.27. The van der Waals surface area contributed by atoms with Gasteiger partial charge in [-0.3, -0.25) is 14.4 Å². The van der Waals surface area contributed by atoms with Crippen molar-refractivity contribution in [1.82, 2.24) is 10.3 Å². The quantitative estimate of drug-likeness (QED) is 0.584. The summed E-state index contributed by atoms with van der Waals surface area (Å²) in [5.41, 5.74) is 0.963. The molecular formula is C21H20N2O5. The summed E-state index contributed by atoms with van der Waals surface area (Å²) in [6, 6.07) is 14.3. The van der Waals surface area contributed by atoms with E-state index >= 15 is 0 Å². The van der Waals surface area contributed by atoms with Crippen molar-refractivity contribution < 1.29 is 19.4 Å². The highest BCUT2D eigenvalue weighted by Crippen LogP contribution is 2.22. The SMILES string of the molecule is CCOc1ccc([C@@H](CC(=O)O)NC(=O)c2cc(=O)[nH]c3ccccc23)cc1. The number of nitrogens with one attached hydrogen (secondary N) is 2. The predicted octanol–water partition coefficient (Wildman–Crippen LogP) is 2.87. The summed E-state index contributed by atoms with van der Waals surface area (Å²) in [6.07, 6.45) is -0.291. The number of rotatable bonds is 7. The van der Waals surface area contributed by atoms with Crippen molar-refractivity contribution in [2.75, 3.05) is 6.61 Å². The van der Waals surface area contributed by atoms with E-state index < -0.39 is 23.5 Å². The Bertz CT molecular complexity index is 1060. The maximum Gasteiger partial charge on any atom is 0.305 e. The normalized spacial score (nSPS) is 11.8. The van der Waals surface area contributed by atoms with Crippen LogP contribution in [0.5, 0.6) is 5.75 Å². The van der Waals surface area contributed by atoms with Gasteiger partial charge in [0, 0.05) is 17.0 Å². The van der Waals surface area contributed by atoms with Crippen LogP contribution < -0.4 is 15.6 Å². The van der Waals surface area contributed by atoms with Crippen molar-refractivity contribution in [3.8, 4) is 5.75 Å². The molecule has 1 heterocycles. The Morgan fingerprint density at radius 1 is 1.14 bits per heavy atom. The second kappa shape index (κ2) is 8.39. The van der Waals surface area contributed by atoms with Crippen molar-refractivity contribution >= 4 is 22.8 Å². The Kier molecular flexibility index (Phi) is 5.74. The number of aliphatic carboxylic acids is 1. The lowest BCUT2D eigenvalue weighted by molar-refractivity contribution is -0.137. The summed E-state index contributed by atoms with van der Waals surface area (Å²) >= 11 is 0. The van der Waals surface area contributed by atoms with Crippen molar-refractivity contribution in [1.29, 1.82) is 0 Å². The third-order valence-corrected chi connectivity index (χ3v) is 4.27. The molecule has 144 valence electrons. The van der Waals surface area contributed by atoms with Crippen LogP contribution in [0.25, 0.3) is 10.9 Å². The van der Waals surface area contributed by atoms with Crippen LogP contribution in [0.1, 0.15) is 35.3 Å². The number of benzene rings is 2. The fourth-order valence-corrected chi connectivity index (χ4v) is 3.02. The van der Waals surface area contributed by atoms with Gasteiger partial charge in [0.2, 0.25) is 5.56 Å². The fraction of sp³-hybridized carbons (Fsp3) is 0.190. The molecule has 28 heavy (non-hydrogen) atoms. The predicted molar refractivity (Wildman–Crippen MR) is 105 cm³/mol. The largest absolute Gasteiger partial charge is 0.494 e. The Balaban J connectivity index is 1.92. The molecule has 0 aliphatic carbocycles. The molecule has 3 aromatic rings. The number of hydrogen-bond donors (Lipinski definition) is 3. The van der Waals surface area contributed by atoms with Gasteiger partial charge in [0.25, 0.3) is 5.91 Å². The van der Waals surface area contributed by atoms with Gasteiger partial charge in [-0.1, -0.05) is 30.3 Å². The van der Waals surface area contributed by atoms with Gasteiger partial charge in [0.15, 0.2) is 0 Å². The number of para-hydroxylation sites is 1. The zero-order valence-electron chi connectivity index (χ0n) is 15.3. The summed E-state index contributed by atoms with van der Waals surface area (Å²) in [4.78, 5) is 38.7. The van der Waals surface area contributed by atoms with Crippen LogP contribution in [-0.4, -0.2) is 28.6 Å². The Hall–Kier alpha value is -3.61. The first kappa shape index (κ1) is 19.2. The van der Waals surface area contributed by atoms with Crippen molar-refractivity contribution in [2.24, 2.45) is 0 Å². The molecule has 0 unspecified atom stereocenters. The van der Waals surface area contributed by atoms with Crippen molar-refractivity contribution in [2.45, 2.75) is 19.4 Å². The van der Waals surface area contributed by atoms with E-state index in [0.29, 0.717) is 28.8 Å². The molecule has 1 amide bonds. The number of fused-ring (bicyclic) bond motifs is 1. The van der Waals surface area contributed by atoms with E-state index in [-0.39, 0.29) is 12.0 Å². The molecule has 0 radical (unpaired) electrons. The molecule has 0 saturated heterocycles. The van der Waals surface area contributed by atoms with E-state index in [9.17, 15) is 19.5 Å².